The van der Waals surface area contributed by atoms with Gasteiger partial charge in [0, 0.05) is 0 Å². The second-order valence-electron chi connectivity index (χ2n) is 2.34. The van der Waals surface area contributed by atoms with Gasteiger partial charge in [-0.05, 0) is 12.5 Å². The molecular formula is C8H12O4. The first kappa shape index (κ1) is 10.9. The normalized spacial score (nSPS) is 26.8. The summed E-state index contributed by atoms with van der Waals surface area (Å²) < 4.78 is 0. The van der Waals surface area contributed by atoms with Crippen LogP contribution in [-0.2, 0) is 4.79 Å². The number of allylic oxidation sites excluding steroid dienone is 2. The number of aliphatic hydroxyl groups excluding tert-OH is 2. The summed E-state index contributed by atoms with van der Waals surface area (Å²) in [6.45, 7) is 1.54. The van der Waals surface area contributed by atoms with Gasteiger partial charge in [-0.25, -0.2) is 0 Å². The van der Waals surface area contributed by atoms with E-state index >= 15 is 0 Å². The average Bonchev–Trinajstić information content (AvgIpc) is 2.02. The van der Waals surface area contributed by atoms with Gasteiger partial charge in [-0.2, -0.15) is 0 Å². The Kier molecular flexibility index (Phi) is 4.99. The van der Waals surface area contributed by atoms with Crippen LogP contribution in [0.5, 0.6) is 0 Å². The standard InChI is InChI=1S/C7H10O2.CH2O2/c1-5-3-2-4-6(8)7(5)9;2-1-3/h2-4,6-9H,1H3;1H,(H,2,3). The lowest BCUT2D eigenvalue weighted by atomic mass is 10.0. The molecule has 3 N–H and O–H groups in total. The number of rotatable bonds is 0. The van der Waals surface area contributed by atoms with Gasteiger partial charge in [-0.1, -0.05) is 18.2 Å². The van der Waals surface area contributed by atoms with Crippen LogP contribution in [-0.4, -0.2) is 34.0 Å². The summed E-state index contributed by atoms with van der Waals surface area (Å²) in [5.74, 6) is 0. The molecule has 2 atom stereocenters. The molecule has 0 fully saturated rings. The lowest BCUT2D eigenvalue weighted by molar-refractivity contribution is -0.122. The fourth-order valence-corrected chi connectivity index (χ4v) is 0.794. The summed E-state index contributed by atoms with van der Waals surface area (Å²) in [7, 11) is 0. The lowest BCUT2D eigenvalue weighted by Gasteiger charge is -2.17. The zero-order valence-corrected chi connectivity index (χ0v) is 6.71. The van der Waals surface area contributed by atoms with Crippen molar-refractivity contribution in [2.45, 2.75) is 19.1 Å². The highest BCUT2D eigenvalue weighted by molar-refractivity contribution is 5.32. The topological polar surface area (TPSA) is 77.8 Å². The summed E-state index contributed by atoms with van der Waals surface area (Å²) in [6, 6.07) is 0. The molecule has 0 aromatic carbocycles. The number of carboxylic acid groups (broad SMARTS) is 1. The second-order valence-corrected chi connectivity index (χ2v) is 2.34. The van der Waals surface area contributed by atoms with Crippen molar-refractivity contribution in [1.29, 1.82) is 0 Å². The quantitative estimate of drug-likeness (QED) is 0.447. The second kappa shape index (κ2) is 5.51. The highest BCUT2D eigenvalue weighted by Crippen LogP contribution is 2.11. The minimum absolute atomic E-state index is 0.250. The molecular weight excluding hydrogens is 160 g/mol. The van der Waals surface area contributed by atoms with Crippen LogP contribution >= 0.6 is 0 Å². The summed E-state index contributed by atoms with van der Waals surface area (Å²) in [5.41, 5.74) is 0.810. The van der Waals surface area contributed by atoms with Gasteiger partial charge in [0.2, 0.25) is 0 Å². The molecule has 1 aliphatic carbocycles. The summed E-state index contributed by atoms with van der Waals surface area (Å²) in [5, 5.41) is 24.9. The molecule has 2 unspecified atom stereocenters. The van der Waals surface area contributed by atoms with Gasteiger partial charge in [0.25, 0.3) is 6.47 Å². The van der Waals surface area contributed by atoms with Gasteiger partial charge in [0.05, 0.1) is 0 Å². The first-order valence-corrected chi connectivity index (χ1v) is 3.42. The molecule has 0 radical (unpaired) electrons. The Balaban J connectivity index is 0.000000354. The maximum atomic E-state index is 9.08. The third kappa shape index (κ3) is 3.32. The van der Waals surface area contributed by atoms with E-state index in [0.29, 0.717) is 0 Å². The Morgan fingerprint density at radius 3 is 2.33 bits per heavy atom. The van der Waals surface area contributed by atoms with E-state index in [4.69, 9.17) is 20.1 Å². The van der Waals surface area contributed by atoms with Gasteiger partial charge < -0.3 is 15.3 Å². The number of hydrogen-bond donors (Lipinski definition) is 3. The van der Waals surface area contributed by atoms with Crippen molar-refractivity contribution < 1.29 is 20.1 Å². The zero-order valence-electron chi connectivity index (χ0n) is 6.71. The van der Waals surface area contributed by atoms with Crippen LogP contribution in [0.25, 0.3) is 0 Å². The third-order valence-corrected chi connectivity index (χ3v) is 1.46. The van der Waals surface area contributed by atoms with E-state index in [2.05, 4.69) is 0 Å². The predicted molar refractivity (Wildman–Crippen MR) is 43.6 cm³/mol. The molecule has 0 aromatic heterocycles. The maximum absolute atomic E-state index is 9.08. The maximum Gasteiger partial charge on any atom is 0.290 e. The predicted octanol–water partition coefficient (Wildman–Crippen LogP) is -0.0749. The fourth-order valence-electron chi connectivity index (χ4n) is 0.794. The molecule has 1 rings (SSSR count). The van der Waals surface area contributed by atoms with Gasteiger partial charge >= 0.3 is 0 Å². The van der Waals surface area contributed by atoms with Crippen LogP contribution in [0.3, 0.4) is 0 Å². The van der Waals surface area contributed by atoms with E-state index in [1.165, 1.54) is 0 Å². The molecule has 12 heavy (non-hydrogen) atoms. The van der Waals surface area contributed by atoms with E-state index in [1.807, 2.05) is 0 Å². The molecule has 0 amide bonds. The first-order chi connectivity index (χ1) is 5.63. The largest absolute Gasteiger partial charge is 0.483 e. The van der Waals surface area contributed by atoms with Gasteiger partial charge in [0.15, 0.2) is 0 Å². The Labute approximate surface area is 70.5 Å². The highest BCUT2D eigenvalue weighted by Gasteiger charge is 2.16. The van der Waals surface area contributed by atoms with Crippen molar-refractivity contribution >= 4 is 6.47 Å². The SMILES string of the molecule is CC1=CC=CC(O)C1O.O=CO. The summed E-state index contributed by atoms with van der Waals surface area (Å²) in [4.78, 5) is 8.36. The van der Waals surface area contributed by atoms with E-state index in [0.717, 1.165) is 5.57 Å². The number of aliphatic hydroxyl groups is 2. The minimum atomic E-state index is -0.713. The Hall–Kier alpha value is -1.13. The van der Waals surface area contributed by atoms with Crippen LogP contribution in [0.4, 0.5) is 0 Å². The molecule has 0 aromatic rings. The molecule has 0 spiro atoms. The van der Waals surface area contributed by atoms with Crippen molar-refractivity contribution in [2.75, 3.05) is 0 Å². The fraction of sp³-hybridized carbons (Fsp3) is 0.375. The average molecular weight is 172 g/mol. The van der Waals surface area contributed by atoms with Crippen molar-refractivity contribution in [1.82, 2.24) is 0 Å². The lowest BCUT2D eigenvalue weighted by Crippen LogP contribution is -2.26. The number of hydrogen-bond acceptors (Lipinski definition) is 3. The Bertz CT molecular complexity index is 195. The zero-order chi connectivity index (χ0) is 9.56. The van der Waals surface area contributed by atoms with Gasteiger partial charge in [-0.15, -0.1) is 0 Å². The van der Waals surface area contributed by atoms with E-state index in [1.54, 1.807) is 25.2 Å². The van der Waals surface area contributed by atoms with E-state index in [9.17, 15) is 0 Å². The molecule has 0 aliphatic heterocycles. The van der Waals surface area contributed by atoms with Crippen molar-refractivity contribution in [3.8, 4) is 0 Å². The van der Waals surface area contributed by atoms with Crippen LogP contribution in [0.2, 0.25) is 0 Å². The molecule has 0 saturated heterocycles. The van der Waals surface area contributed by atoms with Crippen LogP contribution in [0, 0.1) is 0 Å². The Morgan fingerprint density at radius 2 is 2.00 bits per heavy atom. The smallest absolute Gasteiger partial charge is 0.290 e. The van der Waals surface area contributed by atoms with Gasteiger partial charge in [-0.3, -0.25) is 4.79 Å². The van der Waals surface area contributed by atoms with E-state index < -0.39 is 12.2 Å². The minimum Gasteiger partial charge on any atom is -0.483 e. The molecule has 0 bridgehead atoms. The van der Waals surface area contributed by atoms with Crippen molar-refractivity contribution in [2.24, 2.45) is 0 Å². The van der Waals surface area contributed by atoms with E-state index in [-0.39, 0.29) is 6.47 Å². The van der Waals surface area contributed by atoms with Crippen molar-refractivity contribution in [3.05, 3.63) is 23.8 Å². The molecule has 4 heteroatoms. The summed E-state index contributed by atoms with van der Waals surface area (Å²) >= 11 is 0. The summed E-state index contributed by atoms with van der Waals surface area (Å²) in [6.07, 6.45) is 3.69. The monoisotopic (exact) mass is 172 g/mol. The molecule has 0 saturated carbocycles. The Morgan fingerprint density at radius 1 is 1.50 bits per heavy atom. The highest BCUT2D eigenvalue weighted by atomic mass is 16.3. The molecule has 68 valence electrons. The van der Waals surface area contributed by atoms with Crippen LogP contribution in [0.1, 0.15) is 6.92 Å². The molecule has 0 heterocycles. The van der Waals surface area contributed by atoms with Gasteiger partial charge in [0.1, 0.15) is 12.2 Å². The third-order valence-electron chi connectivity index (χ3n) is 1.46. The first-order valence-electron chi connectivity index (χ1n) is 3.42. The van der Waals surface area contributed by atoms with Crippen LogP contribution in [0.15, 0.2) is 23.8 Å². The molecule has 1 aliphatic rings. The van der Waals surface area contributed by atoms with Crippen molar-refractivity contribution in [3.63, 3.8) is 0 Å². The van der Waals surface area contributed by atoms with Crippen LogP contribution < -0.4 is 0 Å². The molecule has 4 nitrogen and oxygen atoms in total. The number of carbonyl (C=O) groups is 1.